The van der Waals surface area contributed by atoms with Crippen molar-refractivity contribution < 1.29 is 4.42 Å². The zero-order chi connectivity index (χ0) is 11.2. The van der Waals surface area contributed by atoms with Crippen LogP contribution in [-0.2, 0) is 0 Å². The van der Waals surface area contributed by atoms with Crippen LogP contribution in [0.3, 0.4) is 0 Å². The lowest BCUT2D eigenvalue weighted by atomic mass is 10.2. The Labute approximate surface area is 106 Å². The van der Waals surface area contributed by atoms with E-state index in [4.69, 9.17) is 4.42 Å². The highest BCUT2D eigenvalue weighted by Crippen LogP contribution is 2.36. The van der Waals surface area contributed by atoms with Crippen LogP contribution in [0.5, 0.6) is 0 Å². The maximum atomic E-state index is 5.44. The van der Waals surface area contributed by atoms with Gasteiger partial charge in [0, 0.05) is 9.40 Å². The van der Waals surface area contributed by atoms with Crippen molar-refractivity contribution in [3.8, 4) is 10.6 Å². The molecule has 0 atom stereocenters. The van der Waals surface area contributed by atoms with E-state index < -0.39 is 0 Å². The number of hydrogen-bond donors (Lipinski definition) is 0. The second-order valence-corrected chi connectivity index (χ2v) is 5.97. The second-order valence-electron chi connectivity index (χ2n) is 3.94. The van der Waals surface area contributed by atoms with Crippen LogP contribution < -0.4 is 0 Å². The van der Waals surface area contributed by atoms with Gasteiger partial charge in [0.05, 0.1) is 11.1 Å². The Hall–Kier alpha value is -1.58. The summed E-state index contributed by atoms with van der Waals surface area (Å²) >= 11 is 3.57. The first kappa shape index (κ1) is 9.45. The van der Waals surface area contributed by atoms with Gasteiger partial charge in [0.1, 0.15) is 5.76 Å². The second kappa shape index (κ2) is 3.45. The van der Waals surface area contributed by atoms with Gasteiger partial charge in [-0.2, -0.15) is 0 Å². The molecule has 82 valence electrons. The van der Waals surface area contributed by atoms with E-state index in [-0.39, 0.29) is 0 Å². The summed E-state index contributed by atoms with van der Waals surface area (Å²) in [5, 5.41) is 4.77. The van der Waals surface area contributed by atoms with Crippen LogP contribution in [0.15, 0.2) is 52.5 Å². The van der Waals surface area contributed by atoms with Crippen LogP contribution in [0.1, 0.15) is 0 Å². The first-order valence-corrected chi connectivity index (χ1v) is 7.04. The summed E-state index contributed by atoms with van der Waals surface area (Å²) in [7, 11) is 0. The summed E-state index contributed by atoms with van der Waals surface area (Å²) in [6.07, 6.45) is 1.72. The van der Waals surface area contributed by atoms with Crippen molar-refractivity contribution in [2.45, 2.75) is 0 Å². The molecule has 0 aliphatic heterocycles. The topological polar surface area (TPSA) is 13.1 Å². The Kier molecular flexibility index (Phi) is 1.92. The van der Waals surface area contributed by atoms with Crippen molar-refractivity contribution in [3.05, 3.63) is 48.0 Å². The van der Waals surface area contributed by atoms with E-state index in [1.807, 2.05) is 12.1 Å². The molecule has 3 heteroatoms. The largest absolute Gasteiger partial charge is 0.464 e. The molecule has 3 heterocycles. The Morgan fingerprint density at radius 3 is 2.76 bits per heavy atom. The summed E-state index contributed by atoms with van der Waals surface area (Å²) in [5.41, 5.74) is 0. The number of rotatable bonds is 1. The van der Waals surface area contributed by atoms with Crippen molar-refractivity contribution in [3.63, 3.8) is 0 Å². The van der Waals surface area contributed by atoms with Crippen LogP contribution in [0, 0.1) is 0 Å². The van der Waals surface area contributed by atoms with E-state index in [9.17, 15) is 0 Å². The summed E-state index contributed by atoms with van der Waals surface area (Å²) in [4.78, 5) is 1.20. The fourth-order valence-electron chi connectivity index (χ4n) is 2.03. The molecule has 3 aromatic heterocycles. The lowest BCUT2D eigenvalue weighted by molar-refractivity contribution is 0.584. The molecule has 0 aliphatic carbocycles. The minimum atomic E-state index is 0.953. The number of thiophene rings is 2. The third-order valence-corrected chi connectivity index (χ3v) is 4.85. The highest BCUT2D eigenvalue weighted by atomic mass is 32.1. The highest BCUT2D eigenvalue weighted by molar-refractivity contribution is 7.22. The molecule has 1 nitrogen and oxygen atoms in total. The molecule has 0 amide bonds. The first-order chi connectivity index (χ1) is 8.40. The smallest absolute Gasteiger partial charge is 0.143 e. The minimum Gasteiger partial charge on any atom is -0.464 e. The third kappa shape index (κ3) is 1.43. The SMILES string of the molecule is c1coc(-c2cc3cc4sccc4cc3s2)c1. The van der Waals surface area contributed by atoms with Crippen LogP contribution in [0.25, 0.3) is 30.8 Å². The van der Waals surface area contributed by atoms with Gasteiger partial charge in [0.15, 0.2) is 0 Å². The molecule has 0 aliphatic rings. The van der Waals surface area contributed by atoms with Gasteiger partial charge in [-0.1, -0.05) is 0 Å². The maximum Gasteiger partial charge on any atom is 0.143 e. The van der Waals surface area contributed by atoms with E-state index in [2.05, 4.69) is 29.6 Å². The average Bonchev–Trinajstić information content (AvgIpc) is 3.05. The van der Waals surface area contributed by atoms with E-state index in [1.54, 1.807) is 28.9 Å². The van der Waals surface area contributed by atoms with Crippen molar-refractivity contribution >= 4 is 42.8 Å². The molecule has 0 saturated carbocycles. The van der Waals surface area contributed by atoms with Crippen LogP contribution >= 0.6 is 22.7 Å². The van der Waals surface area contributed by atoms with Crippen molar-refractivity contribution in [1.29, 1.82) is 0 Å². The standard InChI is InChI=1S/C14H8OS2/c1-2-11(15-4-1)14-8-10-7-12-9(3-5-16-12)6-13(10)17-14/h1-8H. The van der Waals surface area contributed by atoms with Gasteiger partial charge in [-0.3, -0.25) is 0 Å². The molecule has 4 aromatic rings. The quantitative estimate of drug-likeness (QED) is 0.446. The van der Waals surface area contributed by atoms with Gasteiger partial charge in [-0.15, -0.1) is 22.7 Å². The lowest BCUT2D eigenvalue weighted by Crippen LogP contribution is -1.62. The van der Waals surface area contributed by atoms with Crippen molar-refractivity contribution in [2.24, 2.45) is 0 Å². The maximum absolute atomic E-state index is 5.44. The third-order valence-electron chi connectivity index (χ3n) is 2.86. The van der Waals surface area contributed by atoms with Gasteiger partial charge >= 0.3 is 0 Å². The number of benzene rings is 1. The molecule has 4 rings (SSSR count). The molecule has 0 spiro atoms. The zero-order valence-corrected chi connectivity index (χ0v) is 10.5. The van der Waals surface area contributed by atoms with Crippen LogP contribution in [0.4, 0.5) is 0 Å². The van der Waals surface area contributed by atoms with E-state index in [0.29, 0.717) is 0 Å². The zero-order valence-electron chi connectivity index (χ0n) is 8.84. The Balaban J connectivity index is 2.02. The van der Waals surface area contributed by atoms with E-state index in [1.165, 1.54) is 25.0 Å². The Bertz CT molecular complexity index is 742. The summed E-state index contributed by atoms with van der Waals surface area (Å²) in [5.74, 6) is 0.953. The van der Waals surface area contributed by atoms with Crippen molar-refractivity contribution in [2.75, 3.05) is 0 Å². The van der Waals surface area contributed by atoms with Crippen LogP contribution in [0.2, 0.25) is 0 Å². The number of furan rings is 1. The number of fused-ring (bicyclic) bond motifs is 2. The fraction of sp³-hybridized carbons (Fsp3) is 0. The predicted octanol–water partition coefficient (Wildman–Crippen LogP) is 5.38. The predicted molar refractivity (Wildman–Crippen MR) is 74.9 cm³/mol. The summed E-state index contributed by atoms with van der Waals surface area (Å²) < 4.78 is 8.11. The molecule has 0 radical (unpaired) electrons. The molecule has 0 fully saturated rings. The Morgan fingerprint density at radius 2 is 1.88 bits per heavy atom. The Morgan fingerprint density at radius 1 is 0.941 bits per heavy atom. The van der Waals surface area contributed by atoms with Gasteiger partial charge < -0.3 is 4.42 Å². The monoisotopic (exact) mass is 256 g/mol. The van der Waals surface area contributed by atoms with Gasteiger partial charge in [0.25, 0.3) is 0 Å². The highest BCUT2D eigenvalue weighted by Gasteiger charge is 2.07. The minimum absolute atomic E-state index is 0.953. The molecular formula is C14H8OS2. The van der Waals surface area contributed by atoms with E-state index in [0.717, 1.165) is 5.76 Å². The van der Waals surface area contributed by atoms with Gasteiger partial charge in [0.2, 0.25) is 0 Å². The molecule has 0 saturated heterocycles. The van der Waals surface area contributed by atoms with Crippen molar-refractivity contribution in [1.82, 2.24) is 0 Å². The summed E-state index contributed by atoms with van der Waals surface area (Å²) in [6, 6.07) is 12.8. The normalized spacial score (nSPS) is 11.5. The molecular weight excluding hydrogens is 248 g/mol. The first-order valence-electron chi connectivity index (χ1n) is 5.35. The van der Waals surface area contributed by atoms with Gasteiger partial charge in [-0.25, -0.2) is 0 Å². The fourth-order valence-corrected chi connectivity index (χ4v) is 3.92. The molecule has 0 N–H and O–H groups in total. The van der Waals surface area contributed by atoms with Gasteiger partial charge in [-0.05, 0) is 52.6 Å². The molecule has 17 heavy (non-hydrogen) atoms. The average molecular weight is 256 g/mol. The number of hydrogen-bond acceptors (Lipinski definition) is 3. The molecule has 1 aromatic carbocycles. The van der Waals surface area contributed by atoms with E-state index >= 15 is 0 Å². The lowest BCUT2D eigenvalue weighted by Gasteiger charge is -1.89. The summed E-state index contributed by atoms with van der Waals surface area (Å²) in [6.45, 7) is 0. The molecule has 0 bridgehead atoms. The van der Waals surface area contributed by atoms with Crippen LogP contribution in [-0.4, -0.2) is 0 Å². The molecule has 0 unspecified atom stereocenters.